The van der Waals surface area contributed by atoms with Gasteiger partial charge < -0.3 is 4.57 Å². The van der Waals surface area contributed by atoms with Crippen molar-refractivity contribution in [2.75, 3.05) is 0 Å². The SMILES string of the molecule is Cc1cc(Br)ccc1-c1ccc(Cl)c(=O)n1CC(F)F. The highest BCUT2D eigenvalue weighted by atomic mass is 79.9. The maximum absolute atomic E-state index is 12.7. The first-order valence-corrected chi connectivity index (χ1v) is 7.01. The minimum atomic E-state index is -2.62. The van der Waals surface area contributed by atoms with Crippen molar-refractivity contribution in [3.63, 3.8) is 0 Å². The fraction of sp³-hybridized carbons (Fsp3) is 0.214. The molecule has 0 saturated heterocycles. The van der Waals surface area contributed by atoms with Crippen molar-refractivity contribution in [2.45, 2.75) is 19.9 Å². The van der Waals surface area contributed by atoms with Gasteiger partial charge in [0.15, 0.2) is 0 Å². The van der Waals surface area contributed by atoms with E-state index in [-0.39, 0.29) is 5.02 Å². The second kappa shape index (κ2) is 6.06. The van der Waals surface area contributed by atoms with Crippen LogP contribution in [0.1, 0.15) is 5.56 Å². The van der Waals surface area contributed by atoms with Crippen LogP contribution in [0.15, 0.2) is 39.6 Å². The van der Waals surface area contributed by atoms with E-state index in [0.717, 1.165) is 20.2 Å². The Labute approximate surface area is 128 Å². The maximum atomic E-state index is 12.7. The number of benzene rings is 1. The predicted octanol–water partition coefficient (Wildman–Crippen LogP) is 4.50. The zero-order valence-corrected chi connectivity index (χ0v) is 12.9. The molecular formula is C14H11BrClF2NO. The average Bonchev–Trinajstić information content (AvgIpc) is 2.36. The summed E-state index contributed by atoms with van der Waals surface area (Å²) >= 11 is 9.08. The molecule has 0 spiro atoms. The van der Waals surface area contributed by atoms with Crippen LogP contribution in [-0.2, 0) is 6.54 Å². The van der Waals surface area contributed by atoms with Crippen LogP contribution in [0, 0.1) is 6.92 Å². The molecule has 1 heterocycles. The Balaban J connectivity index is 2.67. The van der Waals surface area contributed by atoms with E-state index in [4.69, 9.17) is 11.6 Å². The zero-order chi connectivity index (χ0) is 14.9. The average molecular weight is 363 g/mol. The van der Waals surface area contributed by atoms with E-state index < -0.39 is 18.5 Å². The van der Waals surface area contributed by atoms with Crippen molar-refractivity contribution < 1.29 is 8.78 Å². The Kier molecular flexibility index (Phi) is 4.60. The summed E-state index contributed by atoms with van der Waals surface area (Å²) in [4.78, 5) is 12.0. The van der Waals surface area contributed by atoms with Crippen molar-refractivity contribution in [2.24, 2.45) is 0 Å². The molecule has 0 amide bonds. The number of hydrogen-bond acceptors (Lipinski definition) is 1. The van der Waals surface area contributed by atoms with Gasteiger partial charge in [-0.05, 0) is 36.8 Å². The highest BCUT2D eigenvalue weighted by Crippen LogP contribution is 2.26. The lowest BCUT2D eigenvalue weighted by molar-refractivity contribution is 0.126. The van der Waals surface area contributed by atoms with Crippen LogP contribution < -0.4 is 5.56 Å². The van der Waals surface area contributed by atoms with Crippen LogP contribution >= 0.6 is 27.5 Å². The molecule has 6 heteroatoms. The van der Waals surface area contributed by atoms with Gasteiger partial charge in [-0.3, -0.25) is 4.79 Å². The Bertz CT molecular complexity index is 700. The summed E-state index contributed by atoms with van der Waals surface area (Å²) in [6, 6.07) is 8.46. The minimum Gasteiger partial charge on any atom is -0.301 e. The van der Waals surface area contributed by atoms with Gasteiger partial charge in [-0.1, -0.05) is 33.6 Å². The van der Waals surface area contributed by atoms with E-state index in [2.05, 4.69) is 15.9 Å². The number of nitrogens with zero attached hydrogens (tertiary/aromatic N) is 1. The number of aromatic nitrogens is 1. The molecule has 0 radical (unpaired) electrons. The van der Waals surface area contributed by atoms with E-state index >= 15 is 0 Å². The number of rotatable bonds is 3. The van der Waals surface area contributed by atoms with E-state index in [0.29, 0.717) is 5.69 Å². The molecule has 0 aliphatic heterocycles. The second-order valence-electron chi connectivity index (χ2n) is 4.33. The highest BCUT2D eigenvalue weighted by molar-refractivity contribution is 9.10. The molecule has 1 aromatic carbocycles. The largest absolute Gasteiger partial charge is 0.301 e. The molecule has 0 atom stereocenters. The van der Waals surface area contributed by atoms with Crippen molar-refractivity contribution in [3.8, 4) is 11.3 Å². The number of aryl methyl sites for hydroxylation is 1. The van der Waals surface area contributed by atoms with Gasteiger partial charge in [-0.15, -0.1) is 0 Å². The third-order valence-corrected chi connectivity index (χ3v) is 3.69. The third-order valence-electron chi connectivity index (χ3n) is 2.91. The van der Waals surface area contributed by atoms with Gasteiger partial charge in [0, 0.05) is 10.0 Å². The van der Waals surface area contributed by atoms with Crippen molar-refractivity contribution in [1.82, 2.24) is 4.57 Å². The lowest BCUT2D eigenvalue weighted by atomic mass is 10.0. The summed E-state index contributed by atoms with van der Waals surface area (Å²) in [6.07, 6.45) is -2.62. The van der Waals surface area contributed by atoms with Crippen molar-refractivity contribution in [3.05, 3.63) is 55.7 Å². The zero-order valence-electron chi connectivity index (χ0n) is 10.5. The quantitative estimate of drug-likeness (QED) is 0.788. The van der Waals surface area contributed by atoms with Gasteiger partial charge >= 0.3 is 0 Å². The number of alkyl halides is 2. The van der Waals surface area contributed by atoms with Crippen LogP contribution in [0.25, 0.3) is 11.3 Å². The summed E-state index contributed by atoms with van der Waals surface area (Å²) in [6.45, 7) is 1.18. The predicted molar refractivity (Wildman–Crippen MR) is 79.6 cm³/mol. The summed E-state index contributed by atoms with van der Waals surface area (Å²) < 4.78 is 27.3. The van der Waals surface area contributed by atoms with Gasteiger partial charge in [-0.25, -0.2) is 8.78 Å². The normalized spacial score (nSPS) is 11.1. The van der Waals surface area contributed by atoms with Crippen LogP contribution in [0.3, 0.4) is 0 Å². The van der Waals surface area contributed by atoms with E-state index in [1.165, 1.54) is 6.07 Å². The van der Waals surface area contributed by atoms with Crippen LogP contribution in [0.2, 0.25) is 5.02 Å². The molecule has 0 fully saturated rings. The highest BCUT2D eigenvalue weighted by Gasteiger charge is 2.15. The molecular weight excluding hydrogens is 352 g/mol. The molecule has 2 nitrogen and oxygen atoms in total. The van der Waals surface area contributed by atoms with E-state index in [1.807, 2.05) is 13.0 Å². The molecule has 0 unspecified atom stereocenters. The molecule has 20 heavy (non-hydrogen) atoms. The van der Waals surface area contributed by atoms with E-state index in [1.54, 1.807) is 18.2 Å². The van der Waals surface area contributed by atoms with Gasteiger partial charge in [-0.2, -0.15) is 0 Å². The van der Waals surface area contributed by atoms with Gasteiger partial charge in [0.1, 0.15) is 5.02 Å². The van der Waals surface area contributed by atoms with Gasteiger partial charge in [0.05, 0.1) is 12.2 Å². The number of hydrogen-bond donors (Lipinski definition) is 0. The Morgan fingerprint density at radius 2 is 2.00 bits per heavy atom. The molecule has 106 valence electrons. The molecule has 2 rings (SSSR count). The smallest absolute Gasteiger partial charge is 0.269 e. The molecule has 0 N–H and O–H groups in total. The lowest BCUT2D eigenvalue weighted by Crippen LogP contribution is -2.25. The standard InChI is InChI=1S/C14H11BrClF2NO/c1-8-6-9(15)2-3-10(8)12-5-4-11(16)14(20)19(12)7-13(17)18/h2-6,13H,7H2,1H3. The molecule has 2 aromatic rings. The van der Waals surface area contributed by atoms with Crippen molar-refractivity contribution in [1.29, 1.82) is 0 Å². The topological polar surface area (TPSA) is 22.0 Å². The van der Waals surface area contributed by atoms with E-state index in [9.17, 15) is 13.6 Å². The minimum absolute atomic E-state index is 0.0656. The Morgan fingerprint density at radius 3 is 2.60 bits per heavy atom. The fourth-order valence-corrected chi connectivity index (χ4v) is 2.66. The Morgan fingerprint density at radius 1 is 1.30 bits per heavy atom. The number of halogens is 4. The first-order chi connectivity index (χ1) is 9.40. The molecule has 1 aromatic heterocycles. The number of pyridine rings is 1. The molecule has 0 aliphatic carbocycles. The van der Waals surface area contributed by atoms with Crippen molar-refractivity contribution >= 4 is 27.5 Å². The summed E-state index contributed by atoms with van der Waals surface area (Å²) in [7, 11) is 0. The van der Waals surface area contributed by atoms with Crippen LogP contribution in [-0.4, -0.2) is 11.0 Å². The monoisotopic (exact) mass is 361 g/mol. The van der Waals surface area contributed by atoms with Crippen LogP contribution in [0.4, 0.5) is 8.78 Å². The first kappa shape index (κ1) is 15.2. The van der Waals surface area contributed by atoms with Gasteiger partial charge in [0.25, 0.3) is 12.0 Å². The third kappa shape index (κ3) is 3.10. The molecule has 0 aliphatic rings. The summed E-state index contributed by atoms with van der Waals surface area (Å²) in [5.41, 5.74) is 1.43. The fourth-order valence-electron chi connectivity index (χ4n) is 2.02. The molecule has 0 saturated carbocycles. The molecule has 0 bridgehead atoms. The summed E-state index contributed by atoms with van der Waals surface area (Å²) in [5.74, 6) is 0. The summed E-state index contributed by atoms with van der Waals surface area (Å²) in [5, 5.41) is -0.0656. The first-order valence-electron chi connectivity index (χ1n) is 5.84. The van der Waals surface area contributed by atoms with Gasteiger partial charge in [0.2, 0.25) is 0 Å². The lowest BCUT2D eigenvalue weighted by Gasteiger charge is -2.15. The van der Waals surface area contributed by atoms with Crippen LogP contribution in [0.5, 0.6) is 0 Å². The maximum Gasteiger partial charge on any atom is 0.269 e. The second-order valence-corrected chi connectivity index (χ2v) is 5.66. The Hall–Kier alpha value is -1.20.